The lowest BCUT2D eigenvalue weighted by molar-refractivity contribution is -0.140. The molecule has 86 valence electrons. The Hall–Kier alpha value is -2.04. The SMILES string of the molecule is CC(CNc1cccc(C(N)=O)c1)C(=O)O. The number of carbonyl (C=O) groups excluding carboxylic acids is 1. The fraction of sp³-hybridized carbons (Fsp3) is 0.273. The highest BCUT2D eigenvalue weighted by Gasteiger charge is 2.10. The summed E-state index contributed by atoms with van der Waals surface area (Å²) >= 11 is 0. The summed E-state index contributed by atoms with van der Waals surface area (Å²) in [6, 6.07) is 6.64. The Morgan fingerprint density at radius 3 is 2.75 bits per heavy atom. The van der Waals surface area contributed by atoms with Gasteiger partial charge in [0.05, 0.1) is 5.92 Å². The molecule has 0 saturated heterocycles. The van der Waals surface area contributed by atoms with Crippen LogP contribution in [0.25, 0.3) is 0 Å². The van der Waals surface area contributed by atoms with E-state index in [4.69, 9.17) is 10.8 Å². The van der Waals surface area contributed by atoms with Gasteiger partial charge in [-0.25, -0.2) is 0 Å². The fourth-order valence-electron chi connectivity index (χ4n) is 1.14. The number of carboxylic acid groups (broad SMARTS) is 1. The number of aliphatic carboxylic acids is 1. The first-order chi connectivity index (χ1) is 7.50. The van der Waals surface area contributed by atoms with Crippen molar-refractivity contribution in [2.75, 3.05) is 11.9 Å². The van der Waals surface area contributed by atoms with Crippen LogP contribution in [0.4, 0.5) is 5.69 Å². The molecular weight excluding hydrogens is 208 g/mol. The molecule has 0 saturated carbocycles. The molecular formula is C11H14N2O3. The molecule has 0 heterocycles. The Morgan fingerprint density at radius 1 is 1.50 bits per heavy atom. The molecule has 1 amide bonds. The van der Waals surface area contributed by atoms with Gasteiger partial charge in [-0.1, -0.05) is 13.0 Å². The summed E-state index contributed by atoms with van der Waals surface area (Å²) in [5.41, 5.74) is 6.21. The van der Waals surface area contributed by atoms with Crippen LogP contribution in [0.3, 0.4) is 0 Å². The minimum Gasteiger partial charge on any atom is -0.481 e. The minimum atomic E-state index is -0.862. The Morgan fingerprint density at radius 2 is 2.19 bits per heavy atom. The monoisotopic (exact) mass is 222 g/mol. The molecule has 0 aliphatic heterocycles. The molecule has 0 aliphatic rings. The summed E-state index contributed by atoms with van der Waals surface area (Å²) in [6.45, 7) is 1.91. The van der Waals surface area contributed by atoms with E-state index in [2.05, 4.69) is 5.32 Å². The predicted molar refractivity (Wildman–Crippen MR) is 60.2 cm³/mol. The van der Waals surface area contributed by atoms with Crippen molar-refractivity contribution in [1.29, 1.82) is 0 Å². The normalized spacial score (nSPS) is 11.8. The van der Waals surface area contributed by atoms with Gasteiger partial charge >= 0.3 is 5.97 Å². The van der Waals surface area contributed by atoms with Gasteiger partial charge in [-0.05, 0) is 18.2 Å². The van der Waals surface area contributed by atoms with Crippen molar-refractivity contribution in [3.8, 4) is 0 Å². The van der Waals surface area contributed by atoms with Gasteiger partial charge in [-0.15, -0.1) is 0 Å². The Kier molecular flexibility index (Phi) is 3.88. The molecule has 1 rings (SSSR count). The first kappa shape index (κ1) is 12.0. The van der Waals surface area contributed by atoms with Crippen LogP contribution in [-0.4, -0.2) is 23.5 Å². The lowest BCUT2D eigenvalue weighted by Gasteiger charge is -2.10. The number of hydrogen-bond donors (Lipinski definition) is 3. The van der Waals surface area contributed by atoms with E-state index in [-0.39, 0.29) is 0 Å². The molecule has 0 radical (unpaired) electrons. The van der Waals surface area contributed by atoms with Gasteiger partial charge in [0.15, 0.2) is 0 Å². The highest BCUT2D eigenvalue weighted by atomic mass is 16.4. The average Bonchev–Trinajstić information content (AvgIpc) is 2.26. The topological polar surface area (TPSA) is 92.4 Å². The second kappa shape index (κ2) is 5.16. The van der Waals surface area contributed by atoms with Crippen molar-refractivity contribution in [2.45, 2.75) is 6.92 Å². The zero-order valence-electron chi connectivity index (χ0n) is 8.93. The number of carbonyl (C=O) groups is 2. The van der Waals surface area contributed by atoms with Gasteiger partial charge in [0, 0.05) is 17.8 Å². The van der Waals surface area contributed by atoms with Crippen LogP contribution >= 0.6 is 0 Å². The summed E-state index contributed by atoms with van der Waals surface area (Å²) in [7, 11) is 0. The number of nitrogens with two attached hydrogens (primary N) is 1. The molecule has 1 aromatic carbocycles. The molecule has 5 nitrogen and oxygen atoms in total. The van der Waals surface area contributed by atoms with Crippen LogP contribution < -0.4 is 11.1 Å². The minimum absolute atomic E-state index is 0.303. The van der Waals surface area contributed by atoms with Gasteiger partial charge in [0.25, 0.3) is 0 Å². The molecule has 5 heteroatoms. The quantitative estimate of drug-likeness (QED) is 0.690. The number of anilines is 1. The third-order valence-electron chi connectivity index (χ3n) is 2.18. The average molecular weight is 222 g/mol. The Labute approximate surface area is 93.3 Å². The fourth-order valence-corrected chi connectivity index (χ4v) is 1.14. The van der Waals surface area contributed by atoms with Crippen molar-refractivity contribution >= 4 is 17.6 Å². The first-order valence-electron chi connectivity index (χ1n) is 4.87. The predicted octanol–water partition coefficient (Wildman–Crippen LogP) is 0.918. The maximum atomic E-state index is 10.9. The Balaban J connectivity index is 2.64. The van der Waals surface area contributed by atoms with E-state index in [1.165, 1.54) is 0 Å². The van der Waals surface area contributed by atoms with Crippen LogP contribution in [0.5, 0.6) is 0 Å². The zero-order valence-corrected chi connectivity index (χ0v) is 8.93. The van der Waals surface area contributed by atoms with Gasteiger partial charge < -0.3 is 16.2 Å². The Bertz CT molecular complexity index is 404. The van der Waals surface area contributed by atoms with E-state index in [9.17, 15) is 9.59 Å². The van der Waals surface area contributed by atoms with E-state index in [1.807, 2.05) is 0 Å². The van der Waals surface area contributed by atoms with Gasteiger partial charge in [-0.3, -0.25) is 9.59 Å². The maximum Gasteiger partial charge on any atom is 0.308 e. The van der Waals surface area contributed by atoms with Crippen LogP contribution in [0.15, 0.2) is 24.3 Å². The molecule has 0 fully saturated rings. The molecule has 16 heavy (non-hydrogen) atoms. The highest BCUT2D eigenvalue weighted by Crippen LogP contribution is 2.10. The van der Waals surface area contributed by atoms with E-state index in [1.54, 1.807) is 31.2 Å². The summed E-state index contributed by atoms with van der Waals surface area (Å²) in [5.74, 6) is -1.86. The van der Waals surface area contributed by atoms with E-state index < -0.39 is 17.8 Å². The molecule has 1 aromatic rings. The number of benzene rings is 1. The van der Waals surface area contributed by atoms with Crippen LogP contribution in [-0.2, 0) is 4.79 Å². The van der Waals surface area contributed by atoms with Crippen molar-refractivity contribution in [3.63, 3.8) is 0 Å². The lowest BCUT2D eigenvalue weighted by atomic mass is 10.1. The first-order valence-corrected chi connectivity index (χ1v) is 4.87. The molecule has 0 spiro atoms. The van der Waals surface area contributed by atoms with Crippen molar-refractivity contribution < 1.29 is 14.7 Å². The standard InChI is InChI=1S/C11H14N2O3/c1-7(11(15)16)6-13-9-4-2-3-8(5-9)10(12)14/h2-5,7,13H,6H2,1H3,(H2,12,14)(H,15,16). The summed E-state index contributed by atoms with van der Waals surface area (Å²) in [6.07, 6.45) is 0. The smallest absolute Gasteiger partial charge is 0.308 e. The van der Waals surface area contributed by atoms with E-state index in [0.717, 1.165) is 0 Å². The van der Waals surface area contributed by atoms with Crippen molar-refractivity contribution in [3.05, 3.63) is 29.8 Å². The third kappa shape index (κ3) is 3.27. The highest BCUT2D eigenvalue weighted by molar-refractivity contribution is 5.93. The largest absolute Gasteiger partial charge is 0.481 e. The second-order valence-corrected chi connectivity index (χ2v) is 3.57. The summed E-state index contributed by atoms with van der Waals surface area (Å²) in [4.78, 5) is 21.5. The zero-order chi connectivity index (χ0) is 12.1. The number of amides is 1. The number of rotatable bonds is 5. The maximum absolute atomic E-state index is 10.9. The number of nitrogens with one attached hydrogen (secondary N) is 1. The second-order valence-electron chi connectivity index (χ2n) is 3.57. The van der Waals surface area contributed by atoms with Crippen LogP contribution in [0.1, 0.15) is 17.3 Å². The van der Waals surface area contributed by atoms with Gasteiger partial charge in [0.1, 0.15) is 0 Å². The van der Waals surface area contributed by atoms with Crippen molar-refractivity contribution in [2.24, 2.45) is 11.7 Å². The number of primary amides is 1. The van der Waals surface area contributed by atoms with Crippen LogP contribution in [0, 0.1) is 5.92 Å². The summed E-state index contributed by atoms with van der Waals surface area (Å²) in [5, 5.41) is 11.6. The third-order valence-corrected chi connectivity index (χ3v) is 2.18. The summed E-state index contributed by atoms with van der Waals surface area (Å²) < 4.78 is 0. The molecule has 0 bridgehead atoms. The molecule has 1 unspecified atom stereocenters. The van der Waals surface area contributed by atoms with Gasteiger partial charge in [-0.2, -0.15) is 0 Å². The number of hydrogen-bond acceptors (Lipinski definition) is 3. The molecule has 0 aliphatic carbocycles. The van der Waals surface area contributed by atoms with Gasteiger partial charge in [0.2, 0.25) is 5.91 Å². The van der Waals surface area contributed by atoms with Crippen LogP contribution in [0.2, 0.25) is 0 Å². The van der Waals surface area contributed by atoms with E-state index >= 15 is 0 Å². The lowest BCUT2D eigenvalue weighted by Crippen LogP contribution is -2.20. The molecule has 1 atom stereocenters. The number of carboxylic acids is 1. The van der Waals surface area contributed by atoms with Crippen molar-refractivity contribution in [1.82, 2.24) is 0 Å². The molecule has 4 N–H and O–H groups in total. The van der Waals surface area contributed by atoms with E-state index in [0.29, 0.717) is 17.8 Å². The molecule has 0 aromatic heterocycles.